The first kappa shape index (κ1) is 20.0. The molecule has 7 nitrogen and oxygen atoms in total. The minimum atomic E-state index is -1.48. The van der Waals surface area contributed by atoms with Crippen LogP contribution < -0.4 is 5.32 Å². The summed E-state index contributed by atoms with van der Waals surface area (Å²) in [6, 6.07) is 8.16. The number of carbonyl (C=O) groups excluding carboxylic acids is 3. The molecule has 2 aliphatic rings. The van der Waals surface area contributed by atoms with E-state index in [1.807, 2.05) is 12.1 Å². The van der Waals surface area contributed by atoms with E-state index < -0.39 is 41.6 Å². The fraction of sp³-hybridized carbons (Fsp3) is 0.524. The molecule has 150 valence electrons. The molecular weight excluding hydrogens is 360 g/mol. The number of Topliss-reactive ketones (excluding diaryl/α,β-unsaturated/α-hetero) is 1. The highest BCUT2D eigenvalue weighted by Crippen LogP contribution is 2.36. The number of carbonyl (C=O) groups is 4. The van der Waals surface area contributed by atoms with Crippen molar-refractivity contribution in [2.24, 2.45) is 5.92 Å². The zero-order valence-electron chi connectivity index (χ0n) is 16.2. The van der Waals surface area contributed by atoms with Crippen LogP contribution in [0, 0.1) is 5.92 Å². The van der Waals surface area contributed by atoms with Crippen molar-refractivity contribution in [1.29, 1.82) is 0 Å². The van der Waals surface area contributed by atoms with E-state index >= 15 is 0 Å². The number of rotatable bonds is 6. The van der Waals surface area contributed by atoms with Gasteiger partial charge in [0.1, 0.15) is 6.54 Å². The van der Waals surface area contributed by atoms with Gasteiger partial charge in [-0.2, -0.15) is 0 Å². The zero-order chi connectivity index (χ0) is 20.5. The number of carboxylic acids is 1. The van der Waals surface area contributed by atoms with Crippen molar-refractivity contribution in [2.45, 2.75) is 57.5 Å². The number of likely N-dealkylation sites (tertiary alicyclic amines) is 1. The number of aliphatic carboxylic acids is 1. The van der Waals surface area contributed by atoms with Gasteiger partial charge in [0.15, 0.2) is 11.7 Å². The van der Waals surface area contributed by atoms with Crippen molar-refractivity contribution in [3.8, 4) is 0 Å². The Morgan fingerprint density at radius 3 is 2.36 bits per heavy atom. The Labute approximate surface area is 164 Å². The quantitative estimate of drug-likeness (QED) is 0.726. The third-order valence-corrected chi connectivity index (χ3v) is 5.75. The second-order valence-corrected chi connectivity index (χ2v) is 8.29. The van der Waals surface area contributed by atoms with E-state index in [9.17, 15) is 19.2 Å². The number of amides is 2. The number of ketones is 1. The minimum absolute atomic E-state index is 0.0457. The Balaban J connectivity index is 1.75. The van der Waals surface area contributed by atoms with Gasteiger partial charge in [-0.1, -0.05) is 30.7 Å². The van der Waals surface area contributed by atoms with Crippen LogP contribution in [-0.2, 0) is 25.7 Å². The average Bonchev–Trinajstić information content (AvgIpc) is 2.56. The van der Waals surface area contributed by atoms with Crippen molar-refractivity contribution in [3.63, 3.8) is 0 Å². The molecule has 3 rings (SSSR count). The van der Waals surface area contributed by atoms with E-state index in [1.54, 1.807) is 18.7 Å². The maximum Gasteiger partial charge on any atom is 0.322 e. The molecule has 0 radical (unpaired) electrons. The Morgan fingerprint density at radius 2 is 1.82 bits per heavy atom. The first-order valence-corrected chi connectivity index (χ1v) is 9.61. The average molecular weight is 386 g/mol. The van der Waals surface area contributed by atoms with Crippen LogP contribution in [0.5, 0.6) is 0 Å². The third kappa shape index (κ3) is 4.08. The number of benzene rings is 1. The molecule has 1 saturated heterocycles. The number of nitrogens with zero attached hydrogens (tertiary/aromatic N) is 1. The fourth-order valence-electron chi connectivity index (χ4n) is 3.85. The van der Waals surface area contributed by atoms with Crippen LogP contribution in [0.1, 0.15) is 56.6 Å². The van der Waals surface area contributed by atoms with E-state index in [0.717, 1.165) is 5.56 Å². The monoisotopic (exact) mass is 386 g/mol. The summed E-state index contributed by atoms with van der Waals surface area (Å²) in [7, 11) is 0. The van der Waals surface area contributed by atoms with Crippen LogP contribution in [-0.4, -0.2) is 45.7 Å². The molecule has 1 aliphatic heterocycles. The first-order chi connectivity index (χ1) is 13.2. The highest BCUT2D eigenvalue weighted by Gasteiger charge is 2.48. The molecule has 0 aromatic heterocycles. The molecule has 1 heterocycles. The van der Waals surface area contributed by atoms with E-state index in [-0.39, 0.29) is 6.42 Å². The van der Waals surface area contributed by atoms with Gasteiger partial charge in [0, 0.05) is 18.5 Å². The number of piperidine rings is 1. The number of nitrogens with one attached hydrogen (secondary N) is 1. The lowest BCUT2D eigenvalue weighted by Gasteiger charge is -2.44. The van der Waals surface area contributed by atoms with Gasteiger partial charge in [0.25, 0.3) is 0 Å². The Hall–Kier alpha value is -2.70. The van der Waals surface area contributed by atoms with Crippen LogP contribution in [0.3, 0.4) is 0 Å². The number of carboxylic acid groups (broad SMARTS) is 1. The van der Waals surface area contributed by atoms with Gasteiger partial charge in [0.2, 0.25) is 11.8 Å². The lowest BCUT2D eigenvalue weighted by atomic mass is 9.79. The second kappa shape index (κ2) is 7.73. The summed E-state index contributed by atoms with van der Waals surface area (Å²) in [6.07, 6.45) is 3.74. The predicted octanol–water partition coefficient (Wildman–Crippen LogP) is 1.85. The Bertz CT molecular complexity index is 796. The molecule has 7 heteroatoms. The van der Waals surface area contributed by atoms with Crippen LogP contribution in [0.25, 0.3) is 0 Å². The molecule has 0 spiro atoms. The largest absolute Gasteiger partial charge is 0.480 e. The molecule has 1 saturated carbocycles. The van der Waals surface area contributed by atoms with Crippen LogP contribution in [0.15, 0.2) is 24.3 Å². The summed E-state index contributed by atoms with van der Waals surface area (Å²) in [6.45, 7) is 3.28. The van der Waals surface area contributed by atoms with E-state index in [4.69, 9.17) is 5.11 Å². The highest BCUT2D eigenvalue weighted by molar-refractivity contribution is 6.20. The maximum absolute atomic E-state index is 13.0. The van der Waals surface area contributed by atoms with Crippen molar-refractivity contribution >= 4 is 23.6 Å². The van der Waals surface area contributed by atoms with Gasteiger partial charge in [-0.25, -0.2) is 0 Å². The molecule has 2 amide bonds. The first-order valence-electron chi connectivity index (χ1n) is 9.61. The molecular formula is C21H26N2O5. The molecule has 1 atom stereocenters. The molecule has 2 N–H and O–H groups in total. The molecule has 1 aromatic rings. The smallest absolute Gasteiger partial charge is 0.322 e. The third-order valence-electron chi connectivity index (χ3n) is 5.75. The molecule has 1 aliphatic carbocycles. The fourth-order valence-corrected chi connectivity index (χ4v) is 3.85. The summed E-state index contributed by atoms with van der Waals surface area (Å²) in [5.41, 5.74) is 1.52. The Morgan fingerprint density at radius 1 is 1.18 bits per heavy atom. The van der Waals surface area contributed by atoms with Gasteiger partial charge in [0.05, 0.1) is 0 Å². The van der Waals surface area contributed by atoms with Crippen molar-refractivity contribution in [2.75, 3.05) is 6.54 Å². The highest BCUT2D eigenvalue weighted by atomic mass is 16.4. The van der Waals surface area contributed by atoms with Crippen molar-refractivity contribution < 1.29 is 24.3 Å². The molecule has 28 heavy (non-hydrogen) atoms. The summed E-state index contributed by atoms with van der Waals surface area (Å²) >= 11 is 0. The van der Waals surface area contributed by atoms with Gasteiger partial charge in [-0.15, -0.1) is 0 Å². The van der Waals surface area contributed by atoms with Crippen LogP contribution in [0.2, 0.25) is 0 Å². The standard InChI is InChI=1S/C21H26N2O5/c1-21(2)10-16(24)18(19(27)22-11-17(25)26)20(28)23(21)12-13-6-8-15(9-7-13)14-4-3-5-14/h6-9,14,18H,3-5,10-12H2,1-2H3,(H,22,27)(H,25,26). The molecule has 1 aromatic carbocycles. The Kier molecular flexibility index (Phi) is 5.54. The van der Waals surface area contributed by atoms with Gasteiger partial charge in [-0.05, 0) is 43.7 Å². The molecule has 1 unspecified atom stereocenters. The lowest BCUT2D eigenvalue weighted by Crippen LogP contribution is -2.60. The van der Waals surface area contributed by atoms with E-state index in [2.05, 4.69) is 17.4 Å². The van der Waals surface area contributed by atoms with Crippen LogP contribution in [0.4, 0.5) is 0 Å². The normalized spacial score (nSPS) is 21.9. The zero-order valence-corrected chi connectivity index (χ0v) is 16.2. The van der Waals surface area contributed by atoms with Gasteiger partial charge < -0.3 is 15.3 Å². The predicted molar refractivity (Wildman–Crippen MR) is 101 cm³/mol. The summed E-state index contributed by atoms with van der Waals surface area (Å²) in [5.74, 6) is -3.99. The van der Waals surface area contributed by atoms with E-state index in [0.29, 0.717) is 12.5 Å². The molecule has 2 fully saturated rings. The van der Waals surface area contributed by atoms with Crippen molar-refractivity contribution in [3.05, 3.63) is 35.4 Å². The molecule has 0 bridgehead atoms. The summed E-state index contributed by atoms with van der Waals surface area (Å²) < 4.78 is 0. The van der Waals surface area contributed by atoms with Gasteiger partial charge >= 0.3 is 5.97 Å². The summed E-state index contributed by atoms with van der Waals surface area (Å²) in [4.78, 5) is 49.8. The van der Waals surface area contributed by atoms with Crippen molar-refractivity contribution in [1.82, 2.24) is 10.2 Å². The topological polar surface area (TPSA) is 104 Å². The number of hydrogen-bond acceptors (Lipinski definition) is 4. The van der Waals surface area contributed by atoms with Crippen LogP contribution >= 0.6 is 0 Å². The van der Waals surface area contributed by atoms with Gasteiger partial charge in [-0.3, -0.25) is 19.2 Å². The second-order valence-electron chi connectivity index (χ2n) is 8.29. The van der Waals surface area contributed by atoms with E-state index in [1.165, 1.54) is 24.8 Å². The lowest BCUT2D eigenvalue weighted by molar-refractivity contribution is -0.158. The maximum atomic E-state index is 13.0. The summed E-state index contributed by atoms with van der Waals surface area (Å²) in [5, 5.41) is 10.9. The minimum Gasteiger partial charge on any atom is -0.480 e. The number of hydrogen-bond donors (Lipinski definition) is 2. The SMILES string of the molecule is CC1(C)CC(=O)C(C(=O)NCC(=O)O)C(=O)N1Cc1ccc(C2CCC2)cc1.